The second-order valence-electron chi connectivity index (χ2n) is 32.0. The first-order valence-corrected chi connectivity index (χ1v) is 42.6. The van der Waals surface area contributed by atoms with Crippen LogP contribution in [-0.2, 0) is 12.8 Å². The number of nitrogens with zero attached hydrogens (tertiary/aromatic N) is 14. The smallest absolute Gasteiger partial charge is 0.182 e. The summed E-state index contributed by atoms with van der Waals surface area (Å²) in [7, 11) is 0. The maximum atomic E-state index is 5.55. The number of hydrogen-bond donors (Lipinski definition) is 0. The first-order chi connectivity index (χ1) is 62.3. The van der Waals surface area contributed by atoms with Crippen molar-refractivity contribution in [1.29, 1.82) is 0 Å². The molecule has 14 heteroatoms. The molecule has 24 rings (SSSR count). The molecule has 0 unspecified atom stereocenters. The number of aryl methyl sites for hydroxylation is 2. The van der Waals surface area contributed by atoms with E-state index in [-0.39, 0.29) is 0 Å². The number of fused-ring (bicyclic) bond motifs is 14. The highest BCUT2D eigenvalue weighted by Gasteiger charge is 2.26. The van der Waals surface area contributed by atoms with E-state index in [1.54, 1.807) is 0 Å². The molecule has 0 aliphatic carbocycles. The molecule has 0 saturated carbocycles. The van der Waals surface area contributed by atoms with E-state index < -0.39 is 0 Å². The average Bonchev–Trinajstić information content (AvgIpc) is 1.50. The van der Waals surface area contributed by atoms with Gasteiger partial charge in [-0.1, -0.05) is 299 Å². The zero-order valence-electron chi connectivity index (χ0n) is 68.5. The molecule has 24 aromatic rings. The van der Waals surface area contributed by atoms with E-state index in [2.05, 4.69) is 363 Å². The number of para-hydroxylation sites is 3. The summed E-state index contributed by atoms with van der Waals surface area (Å²) in [6, 6.07) is 131. The minimum atomic E-state index is 0.462. The number of aromatic nitrogens is 14. The molecule has 16 aromatic carbocycles. The Balaban J connectivity index is 0.546. The van der Waals surface area contributed by atoms with Gasteiger partial charge in [-0.3, -0.25) is 9.13 Å². The van der Waals surface area contributed by atoms with Gasteiger partial charge in [-0.25, -0.2) is 59.8 Å². The number of rotatable bonds is 15. The highest BCUT2D eigenvalue weighted by molar-refractivity contribution is 6.21. The second kappa shape index (κ2) is 30.1. The van der Waals surface area contributed by atoms with Crippen LogP contribution in [0.2, 0.25) is 0 Å². The molecule has 8 heterocycles. The van der Waals surface area contributed by atoms with Crippen LogP contribution in [0.15, 0.2) is 376 Å². The van der Waals surface area contributed by atoms with E-state index >= 15 is 0 Å². The molecule has 0 N–H and O–H groups in total. The van der Waals surface area contributed by atoms with E-state index in [0.717, 1.165) is 216 Å². The van der Waals surface area contributed by atoms with Crippen LogP contribution in [0.1, 0.15) is 25.5 Å². The van der Waals surface area contributed by atoms with Gasteiger partial charge >= 0.3 is 0 Å². The van der Waals surface area contributed by atoms with Crippen molar-refractivity contribution in [1.82, 2.24) is 68.9 Å². The maximum absolute atomic E-state index is 5.55. The van der Waals surface area contributed by atoms with Crippen LogP contribution in [0.5, 0.6) is 0 Å². The Morgan fingerprint density at radius 1 is 0.206 bits per heavy atom. The Hall–Kier alpha value is -16.8. The van der Waals surface area contributed by atoms with Crippen molar-refractivity contribution in [3.8, 4) is 136 Å². The first kappa shape index (κ1) is 73.1. The van der Waals surface area contributed by atoms with E-state index in [9.17, 15) is 0 Å². The average molecular weight is 1610 g/mol. The van der Waals surface area contributed by atoms with Gasteiger partial charge in [-0.15, -0.1) is 0 Å². The Labute approximate surface area is 723 Å². The molecular weight excluding hydrogens is 1540 g/mol. The predicted octanol–water partition coefficient (Wildman–Crippen LogP) is 27.0. The van der Waals surface area contributed by atoms with Gasteiger partial charge in [0.15, 0.2) is 34.9 Å². The molecule has 0 atom stereocenters. The van der Waals surface area contributed by atoms with Crippen molar-refractivity contribution in [2.45, 2.75) is 26.7 Å². The third-order valence-electron chi connectivity index (χ3n) is 24.5. The Morgan fingerprint density at radius 3 is 1.10 bits per heavy atom. The summed E-state index contributed by atoms with van der Waals surface area (Å²) in [6.07, 6.45) is 1.47. The van der Waals surface area contributed by atoms with E-state index in [1.165, 1.54) is 0 Å². The summed E-state index contributed by atoms with van der Waals surface area (Å²) < 4.78 is 4.59. The van der Waals surface area contributed by atoms with Crippen molar-refractivity contribution < 1.29 is 0 Å². The Kier molecular flexibility index (Phi) is 17.5. The molecule has 0 aliphatic rings. The molecule has 0 spiro atoms. The molecular formula is C112H72N14. The SMILES string of the molecule is CCc1nc2c3c(-c4ccc(-c5cccc(-c6nc(-c7cccc8ccccc78)nc(-c7cccc8cc(-c9ccc(-n%10c(CC)nc%11c%12c(-c%13ccc(-c%14cccc(-c%15nc(-c%16ccc%17ccccc%17c%16)nc(-c%16ccc%17ccccc%17c%16)n%15)n%14)cc%13)nc%13ccccc%13c%12ccc%11%10)cc9)ccc78)n6)n5)cc4)nc4ccccc4c3ccc2n1-c1ccccc1. The summed E-state index contributed by atoms with van der Waals surface area (Å²) in [5, 5.41) is 15.0. The number of imidazole rings is 2. The lowest BCUT2D eigenvalue weighted by Gasteiger charge is -2.13. The van der Waals surface area contributed by atoms with Crippen LogP contribution >= 0.6 is 0 Å². The lowest BCUT2D eigenvalue weighted by molar-refractivity contribution is 0.908. The molecule has 14 nitrogen and oxygen atoms in total. The fraction of sp³-hybridized carbons (Fsp3) is 0.0357. The quantitative estimate of drug-likeness (QED) is 0.0894. The fourth-order valence-electron chi connectivity index (χ4n) is 18.4. The van der Waals surface area contributed by atoms with E-state index in [4.69, 9.17) is 59.8 Å². The van der Waals surface area contributed by atoms with Crippen molar-refractivity contribution in [2.75, 3.05) is 0 Å². The zero-order chi connectivity index (χ0) is 83.5. The van der Waals surface area contributed by atoms with Crippen molar-refractivity contribution in [3.05, 3.63) is 388 Å². The highest BCUT2D eigenvalue weighted by Crippen LogP contribution is 2.44. The summed E-state index contributed by atoms with van der Waals surface area (Å²) in [5.41, 5.74) is 21.9. The standard InChI is InChI=1S/C112H72N14/c1-3-99-117-105-97(125(99)81-29-6-5-7-30-81)62-60-87-85-32-14-16-36-93(85)115-103(101(87)105)73-50-46-72(47-51-73)92-39-21-41-96(114-92)112-123-109(89-34-18-27-70-24-12-13-31-83(70)89)122-110(124-112)90-35-19-28-78-64-77(56-59-84(78)90)69-54-57-82(58-55-69)126-98-63-61-88-86-33-15-17-37-94(86)116-104(102(88)106(98)118-100(126)4-2)74-48-44-71(45-49-74)91-38-20-40-95(113-91)111-120-107(79-52-42-67-22-8-10-25-75(67)65-79)119-108(121-111)80-53-43-68-23-9-11-26-76(68)66-80/h5-66H,3-4H2,1-2H3. The van der Waals surface area contributed by atoms with E-state index in [1.807, 2.05) is 36.4 Å². The Morgan fingerprint density at radius 2 is 0.571 bits per heavy atom. The third-order valence-corrected chi connectivity index (χ3v) is 24.5. The van der Waals surface area contributed by atoms with Crippen LogP contribution in [0.4, 0.5) is 0 Å². The summed E-state index contributed by atoms with van der Waals surface area (Å²) in [5.74, 6) is 5.12. The highest BCUT2D eigenvalue weighted by atomic mass is 15.1. The molecule has 590 valence electrons. The lowest BCUT2D eigenvalue weighted by atomic mass is 9.97. The van der Waals surface area contributed by atoms with Crippen molar-refractivity contribution in [3.63, 3.8) is 0 Å². The van der Waals surface area contributed by atoms with Gasteiger partial charge in [0.2, 0.25) is 0 Å². The van der Waals surface area contributed by atoms with Crippen LogP contribution in [0.3, 0.4) is 0 Å². The van der Waals surface area contributed by atoms with Gasteiger partial charge in [0.1, 0.15) is 23.0 Å². The molecule has 0 saturated heterocycles. The molecule has 0 fully saturated rings. The van der Waals surface area contributed by atoms with Gasteiger partial charge in [0.05, 0.1) is 55.9 Å². The number of pyridine rings is 4. The normalized spacial score (nSPS) is 11.8. The predicted molar refractivity (Wildman–Crippen MR) is 512 cm³/mol. The van der Waals surface area contributed by atoms with Crippen molar-refractivity contribution in [2.24, 2.45) is 0 Å². The van der Waals surface area contributed by atoms with Crippen LogP contribution in [-0.4, -0.2) is 68.9 Å². The molecule has 8 aromatic heterocycles. The van der Waals surface area contributed by atoms with E-state index in [0.29, 0.717) is 52.8 Å². The molecule has 0 aliphatic heterocycles. The van der Waals surface area contributed by atoms with Crippen LogP contribution in [0.25, 0.3) is 245 Å². The minimum Gasteiger partial charge on any atom is -0.296 e. The topological polar surface area (TPSA) is 165 Å². The Bertz CT molecular complexity index is 8450. The monoisotopic (exact) mass is 1610 g/mol. The van der Waals surface area contributed by atoms with Crippen molar-refractivity contribution >= 4 is 109 Å². The van der Waals surface area contributed by atoms with Gasteiger partial charge in [-0.2, -0.15) is 0 Å². The van der Waals surface area contributed by atoms with Gasteiger partial charge in [0.25, 0.3) is 0 Å². The summed E-state index contributed by atoms with van der Waals surface area (Å²) in [6.45, 7) is 4.34. The number of benzene rings is 16. The lowest BCUT2D eigenvalue weighted by Crippen LogP contribution is -2.02. The minimum absolute atomic E-state index is 0.462. The fourth-order valence-corrected chi connectivity index (χ4v) is 18.4. The summed E-state index contributed by atoms with van der Waals surface area (Å²) in [4.78, 5) is 64.0. The first-order valence-electron chi connectivity index (χ1n) is 42.6. The van der Waals surface area contributed by atoms with Gasteiger partial charge in [0, 0.05) is 90.3 Å². The molecule has 0 radical (unpaired) electrons. The zero-order valence-corrected chi connectivity index (χ0v) is 68.5. The largest absolute Gasteiger partial charge is 0.296 e. The van der Waals surface area contributed by atoms with Gasteiger partial charge < -0.3 is 0 Å². The number of hydrogen-bond acceptors (Lipinski definition) is 12. The van der Waals surface area contributed by atoms with Crippen LogP contribution < -0.4 is 0 Å². The second-order valence-corrected chi connectivity index (χ2v) is 32.0. The molecule has 0 amide bonds. The maximum Gasteiger partial charge on any atom is 0.182 e. The van der Waals surface area contributed by atoms with Crippen LogP contribution in [0, 0.1) is 0 Å². The summed E-state index contributed by atoms with van der Waals surface area (Å²) >= 11 is 0. The van der Waals surface area contributed by atoms with Gasteiger partial charge in [-0.05, 0) is 156 Å². The third kappa shape index (κ3) is 12.6. The molecule has 0 bridgehead atoms. The molecule has 126 heavy (non-hydrogen) atoms.